The van der Waals surface area contributed by atoms with Gasteiger partial charge in [-0.1, -0.05) is 18.2 Å². The molecule has 1 unspecified atom stereocenters. The standard InChI is InChI=1S/C9H10N2O2/c1-9(10)6-4-2-3-5-7(6)11(13)8(9)12/h2-5,13H,10H2,1H3. The normalized spacial score (nSPS) is 26.4. The summed E-state index contributed by atoms with van der Waals surface area (Å²) in [5.41, 5.74) is 5.79. The fraction of sp³-hybridized carbons (Fsp3) is 0.222. The summed E-state index contributed by atoms with van der Waals surface area (Å²) in [7, 11) is 0. The summed E-state index contributed by atoms with van der Waals surface area (Å²) in [6, 6.07) is 6.93. The minimum atomic E-state index is -1.11. The predicted molar refractivity (Wildman–Crippen MR) is 47.3 cm³/mol. The number of para-hydroxylation sites is 1. The van der Waals surface area contributed by atoms with Gasteiger partial charge in [-0.3, -0.25) is 10.0 Å². The first kappa shape index (κ1) is 8.22. The van der Waals surface area contributed by atoms with E-state index in [0.29, 0.717) is 16.3 Å². The van der Waals surface area contributed by atoms with E-state index in [9.17, 15) is 10.0 Å². The minimum Gasteiger partial charge on any atom is -0.314 e. The zero-order valence-corrected chi connectivity index (χ0v) is 7.19. The highest BCUT2D eigenvalue weighted by molar-refractivity contribution is 6.05. The van der Waals surface area contributed by atoms with E-state index < -0.39 is 11.4 Å². The summed E-state index contributed by atoms with van der Waals surface area (Å²) in [4.78, 5) is 11.4. The van der Waals surface area contributed by atoms with E-state index in [0.717, 1.165) is 0 Å². The lowest BCUT2D eigenvalue weighted by Crippen LogP contribution is -2.43. The lowest BCUT2D eigenvalue weighted by Gasteiger charge is -2.15. The fourth-order valence-corrected chi connectivity index (χ4v) is 1.54. The smallest absolute Gasteiger partial charge is 0.275 e. The average Bonchev–Trinajstić information content (AvgIpc) is 2.30. The first-order chi connectivity index (χ1) is 6.05. The van der Waals surface area contributed by atoms with E-state index in [1.807, 2.05) is 0 Å². The number of hydrogen-bond acceptors (Lipinski definition) is 3. The molecule has 4 heteroatoms. The molecule has 0 aliphatic carbocycles. The molecule has 0 spiro atoms. The van der Waals surface area contributed by atoms with Crippen molar-refractivity contribution in [1.82, 2.24) is 0 Å². The number of amides is 1. The van der Waals surface area contributed by atoms with Crippen LogP contribution in [-0.2, 0) is 10.3 Å². The Balaban J connectivity index is 2.68. The summed E-state index contributed by atoms with van der Waals surface area (Å²) >= 11 is 0. The topological polar surface area (TPSA) is 66.6 Å². The molecule has 1 aliphatic heterocycles. The van der Waals surface area contributed by atoms with Crippen molar-refractivity contribution in [3.05, 3.63) is 29.8 Å². The Bertz CT molecular complexity index is 374. The molecule has 2 rings (SSSR count). The zero-order valence-electron chi connectivity index (χ0n) is 7.19. The van der Waals surface area contributed by atoms with Gasteiger partial charge in [0.2, 0.25) is 0 Å². The molecule has 1 aliphatic rings. The molecular formula is C9H10N2O2. The molecule has 0 fully saturated rings. The Hall–Kier alpha value is -1.39. The maximum absolute atomic E-state index is 11.4. The van der Waals surface area contributed by atoms with Gasteiger partial charge in [0, 0.05) is 5.56 Å². The second kappa shape index (κ2) is 2.31. The Morgan fingerprint density at radius 2 is 2.08 bits per heavy atom. The van der Waals surface area contributed by atoms with Crippen LogP contribution in [0.2, 0.25) is 0 Å². The molecule has 1 heterocycles. The lowest BCUT2D eigenvalue weighted by molar-refractivity contribution is -0.127. The van der Waals surface area contributed by atoms with Gasteiger partial charge in [0.05, 0.1) is 5.69 Å². The van der Waals surface area contributed by atoms with Crippen LogP contribution >= 0.6 is 0 Å². The van der Waals surface area contributed by atoms with Crippen molar-refractivity contribution in [1.29, 1.82) is 0 Å². The van der Waals surface area contributed by atoms with Crippen LogP contribution in [-0.4, -0.2) is 11.1 Å². The van der Waals surface area contributed by atoms with E-state index in [2.05, 4.69) is 0 Å². The van der Waals surface area contributed by atoms with Crippen molar-refractivity contribution in [2.24, 2.45) is 5.73 Å². The van der Waals surface area contributed by atoms with Crippen LogP contribution in [0.4, 0.5) is 5.69 Å². The summed E-state index contributed by atoms with van der Waals surface area (Å²) in [6.07, 6.45) is 0. The molecule has 1 atom stereocenters. The van der Waals surface area contributed by atoms with Crippen LogP contribution in [0.3, 0.4) is 0 Å². The molecule has 3 N–H and O–H groups in total. The minimum absolute atomic E-state index is 0.470. The number of hydrogen-bond donors (Lipinski definition) is 2. The fourth-order valence-electron chi connectivity index (χ4n) is 1.54. The molecule has 0 aromatic heterocycles. The molecule has 1 amide bonds. The van der Waals surface area contributed by atoms with Crippen molar-refractivity contribution >= 4 is 11.6 Å². The van der Waals surface area contributed by atoms with Crippen molar-refractivity contribution in [3.8, 4) is 0 Å². The van der Waals surface area contributed by atoms with Crippen LogP contribution in [0.15, 0.2) is 24.3 Å². The molecule has 4 nitrogen and oxygen atoms in total. The number of carbonyl (C=O) groups is 1. The average molecular weight is 178 g/mol. The van der Waals surface area contributed by atoms with E-state index in [1.165, 1.54) is 0 Å². The number of hydroxylamine groups is 1. The highest BCUT2D eigenvalue weighted by Gasteiger charge is 2.44. The van der Waals surface area contributed by atoms with Crippen LogP contribution in [0.25, 0.3) is 0 Å². The van der Waals surface area contributed by atoms with Gasteiger partial charge in [-0.25, -0.2) is 0 Å². The lowest BCUT2D eigenvalue weighted by atomic mass is 9.95. The van der Waals surface area contributed by atoms with Crippen molar-refractivity contribution < 1.29 is 10.0 Å². The number of benzene rings is 1. The Morgan fingerprint density at radius 1 is 1.46 bits per heavy atom. The number of nitrogens with two attached hydrogens (primary N) is 1. The maximum Gasteiger partial charge on any atom is 0.275 e. The van der Waals surface area contributed by atoms with Gasteiger partial charge in [0.1, 0.15) is 5.54 Å². The van der Waals surface area contributed by atoms with Crippen LogP contribution in [0.5, 0.6) is 0 Å². The molecule has 0 radical (unpaired) electrons. The molecule has 0 saturated carbocycles. The van der Waals surface area contributed by atoms with Crippen molar-refractivity contribution in [2.75, 3.05) is 5.06 Å². The third kappa shape index (κ3) is 0.897. The van der Waals surface area contributed by atoms with Crippen LogP contribution < -0.4 is 10.8 Å². The molecule has 0 bridgehead atoms. The molecule has 68 valence electrons. The van der Waals surface area contributed by atoms with Gasteiger partial charge >= 0.3 is 0 Å². The van der Waals surface area contributed by atoms with Gasteiger partial charge < -0.3 is 5.73 Å². The Morgan fingerprint density at radius 3 is 2.69 bits per heavy atom. The van der Waals surface area contributed by atoms with E-state index >= 15 is 0 Å². The van der Waals surface area contributed by atoms with Gasteiger partial charge in [0.25, 0.3) is 5.91 Å². The highest BCUT2D eigenvalue weighted by Crippen LogP contribution is 2.36. The first-order valence-electron chi connectivity index (χ1n) is 3.97. The number of anilines is 1. The van der Waals surface area contributed by atoms with Crippen LogP contribution in [0, 0.1) is 0 Å². The quantitative estimate of drug-likeness (QED) is 0.571. The zero-order chi connectivity index (χ0) is 9.64. The van der Waals surface area contributed by atoms with E-state index in [4.69, 9.17) is 5.73 Å². The third-order valence-electron chi connectivity index (χ3n) is 2.33. The summed E-state index contributed by atoms with van der Waals surface area (Å²) in [5.74, 6) is -0.492. The second-order valence-electron chi connectivity index (χ2n) is 3.34. The third-order valence-corrected chi connectivity index (χ3v) is 2.33. The van der Waals surface area contributed by atoms with Gasteiger partial charge in [-0.15, -0.1) is 0 Å². The SMILES string of the molecule is CC1(N)C(=O)N(O)c2ccccc21. The molecule has 1 aromatic carbocycles. The predicted octanol–water partition coefficient (Wildman–Crippen LogP) is 0.596. The maximum atomic E-state index is 11.4. The Labute approximate surface area is 75.5 Å². The number of rotatable bonds is 0. The number of fused-ring (bicyclic) bond motifs is 1. The molecular weight excluding hydrogens is 168 g/mol. The number of nitrogens with zero attached hydrogens (tertiary/aromatic N) is 1. The summed E-state index contributed by atoms with van der Waals surface area (Å²) in [5, 5.41) is 10.00. The van der Waals surface area contributed by atoms with Crippen LogP contribution in [0.1, 0.15) is 12.5 Å². The summed E-state index contributed by atoms with van der Waals surface area (Å²) in [6.45, 7) is 1.59. The van der Waals surface area contributed by atoms with Crippen molar-refractivity contribution in [2.45, 2.75) is 12.5 Å². The van der Waals surface area contributed by atoms with E-state index in [-0.39, 0.29) is 0 Å². The molecule has 13 heavy (non-hydrogen) atoms. The molecule has 1 aromatic rings. The van der Waals surface area contributed by atoms with Gasteiger partial charge in [0.15, 0.2) is 0 Å². The monoisotopic (exact) mass is 178 g/mol. The van der Waals surface area contributed by atoms with Gasteiger partial charge in [-0.05, 0) is 13.0 Å². The molecule has 0 saturated heterocycles. The highest BCUT2D eigenvalue weighted by atomic mass is 16.5. The second-order valence-corrected chi connectivity index (χ2v) is 3.34. The van der Waals surface area contributed by atoms with Gasteiger partial charge in [-0.2, -0.15) is 5.06 Å². The van der Waals surface area contributed by atoms with E-state index in [1.54, 1.807) is 31.2 Å². The van der Waals surface area contributed by atoms with Crippen molar-refractivity contribution in [3.63, 3.8) is 0 Å². The largest absolute Gasteiger partial charge is 0.314 e. The Kier molecular flexibility index (Phi) is 1.46. The summed E-state index contributed by atoms with van der Waals surface area (Å²) < 4.78 is 0. The number of carbonyl (C=O) groups excluding carboxylic acids is 1. The first-order valence-corrected chi connectivity index (χ1v) is 3.97.